The van der Waals surface area contributed by atoms with Gasteiger partial charge in [0.1, 0.15) is 0 Å². The van der Waals surface area contributed by atoms with Crippen LogP contribution in [0, 0.1) is 0 Å². The summed E-state index contributed by atoms with van der Waals surface area (Å²) in [5.41, 5.74) is 0. The Morgan fingerprint density at radius 1 is 0.579 bits per heavy atom. The number of hydrogen-bond donors (Lipinski definition) is 1. The van der Waals surface area contributed by atoms with Crippen LogP contribution in [-0.2, 0) is 0 Å². The van der Waals surface area contributed by atoms with E-state index < -0.39 is 0 Å². The lowest BCUT2D eigenvalue weighted by Gasteiger charge is -2.02. The summed E-state index contributed by atoms with van der Waals surface area (Å²) in [6.07, 6.45) is 21.2. The van der Waals surface area contributed by atoms with Gasteiger partial charge in [0.15, 0.2) is 0 Å². The Balaban J connectivity index is 2.95. The second-order valence-electron chi connectivity index (χ2n) is 5.35. The number of unbranched alkanes of at least 4 members (excludes halogenated alkanes) is 11. The molecule has 0 saturated carbocycles. The number of rotatable bonds is 15. The molecule has 0 aliphatic rings. The SMILES string of the molecule is OCC/C=C/CCCCCCCCCCCCCCl. The second kappa shape index (κ2) is 18.0. The van der Waals surface area contributed by atoms with Gasteiger partial charge in [0.05, 0.1) is 0 Å². The largest absolute Gasteiger partial charge is 0.396 e. The molecule has 0 unspecified atom stereocenters. The maximum atomic E-state index is 8.61. The summed E-state index contributed by atoms with van der Waals surface area (Å²) in [7, 11) is 0. The first-order valence-corrected chi connectivity index (χ1v) is 8.77. The van der Waals surface area contributed by atoms with E-state index in [1.807, 2.05) is 0 Å². The van der Waals surface area contributed by atoms with E-state index in [0.717, 1.165) is 12.3 Å². The summed E-state index contributed by atoms with van der Waals surface area (Å²) >= 11 is 5.64. The molecule has 0 radical (unpaired) electrons. The van der Waals surface area contributed by atoms with Crippen LogP contribution >= 0.6 is 11.6 Å². The molecule has 0 rings (SSSR count). The molecule has 0 aromatic heterocycles. The molecule has 0 amide bonds. The van der Waals surface area contributed by atoms with Gasteiger partial charge >= 0.3 is 0 Å². The average Bonchev–Trinajstić information content (AvgIpc) is 2.43. The Bertz CT molecular complexity index is 180. The van der Waals surface area contributed by atoms with Gasteiger partial charge in [0, 0.05) is 12.5 Å². The molecule has 0 aromatic carbocycles. The van der Waals surface area contributed by atoms with Gasteiger partial charge in [0.25, 0.3) is 0 Å². The quantitative estimate of drug-likeness (QED) is 0.228. The highest BCUT2D eigenvalue weighted by Crippen LogP contribution is 2.12. The van der Waals surface area contributed by atoms with Crippen molar-refractivity contribution in [2.24, 2.45) is 0 Å². The van der Waals surface area contributed by atoms with Crippen LogP contribution in [0.3, 0.4) is 0 Å². The van der Waals surface area contributed by atoms with Crippen LogP contribution in [0.25, 0.3) is 0 Å². The van der Waals surface area contributed by atoms with Crippen LogP contribution in [0.15, 0.2) is 12.2 Å². The smallest absolute Gasteiger partial charge is 0.0465 e. The monoisotopic (exact) mass is 288 g/mol. The predicted molar refractivity (Wildman–Crippen MR) is 87.0 cm³/mol. The summed E-state index contributed by atoms with van der Waals surface area (Å²) in [6, 6.07) is 0. The highest BCUT2D eigenvalue weighted by atomic mass is 35.5. The summed E-state index contributed by atoms with van der Waals surface area (Å²) in [6.45, 7) is 0.280. The minimum atomic E-state index is 0.280. The number of aliphatic hydroxyl groups excluding tert-OH is 1. The molecule has 0 atom stereocenters. The van der Waals surface area contributed by atoms with E-state index in [2.05, 4.69) is 12.2 Å². The van der Waals surface area contributed by atoms with Crippen molar-refractivity contribution in [1.82, 2.24) is 0 Å². The number of allylic oxidation sites excluding steroid dienone is 1. The third-order valence-electron chi connectivity index (χ3n) is 3.47. The lowest BCUT2D eigenvalue weighted by atomic mass is 10.1. The maximum absolute atomic E-state index is 8.61. The molecule has 114 valence electrons. The first kappa shape index (κ1) is 19.0. The summed E-state index contributed by atoms with van der Waals surface area (Å²) in [5, 5.41) is 8.61. The standard InChI is InChI=1S/C17H33ClO/c18-16-14-12-10-8-6-4-2-1-3-5-7-9-11-13-15-17-19/h11,13,19H,1-10,12,14-17H2/b13-11+. The van der Waals surface area contributed by atoms with Crippen LogP contribution in [0.5, 0.6) is 0 Å². The molecule has 19 heavy (non-hydrogen) atoms. The number of aliphatic hydroxyl groups is 1. The molecule has 0 aliphatic heterocycles. The highest BCUT2D eigenvalue weighted by molar-refractivity contribution is 6.17. The zero-order valence-electron chi connectivity index (χ0n) is 12.6. The van der Waals surface area contributed by atoms with E-state index in [0.29, 0.717) is 0 Å². The average molecular weight is 289 g/mol. The van der Waals surface area contributed by atoms with Crippen molar-refractivity contribution in [3.05, 3.63) is 12.2 Å². The van der Waals surface area contributed by atoms with Gasteiger partial charge in [-0.3, -0.25) is 0 Å². The summed E-state index contributed by atoms with van der Waals surface area (Å²) in [4.78, 5) is 0. The second-order valence-corrected chi connectivity index (χ2v) is 5.73. The van der Waals surface area contributed by atoms with Gasteiger partial charge in [-0.1, -0.05) is 69.9 Å². The van der Waals surface area contributed by atoms with Crippen molar-refractivity contribution >= 4 is 11.6 Å². The van der Waals surface area contributed by atoms with Crippen LogP contribution in [-0.4, -0.2) is 17.6 Å². The Kier molecular flexibility index (Phi) is 18.0. The molecule has 1 N–H and O–H groups in total. The molecule has 0 saturated heterocycles. The minimum Gasteiger partial charge on any atom is -0.396 e. The zero-order chi connectivity index (χ0) is 14.0. The van der Waals surface area contributed by atoms with E-state index in [4.69, 9.17) is 16.7 Å². The Morgan fingerprint density at radius 2 is 1.00 bits per heavy atom. The molecule has 0 aromatic rings. The highest BCUT2D eigenvalue weighted by Gasteiger charge is 1.93. The van der Waals surface area contributed by atoms with Gasteiger partial charge in [-0.25, -0.2) is 0 Å². The third kappa shape index (κ3) is 18.0. The fourth-order valence-electron chi connectivity index (χ4n) is 2.26. The van der Waals surface area contributed by atoms with Crippen LogP contribution in [0.1, 0.15) is 83.5 Å². The fraction of sp³-hybridized carbons (Fsp3) is 0.882. The molecule has 0 fully saturated rings. The van der Waals surface area contributed by atoms with Crippen molar-refractivity contribution in [2.75, 3.05) is 12.5 Å². The number of halogens is 1. The van der Waals surface area contributed by atoms with Crippen molar-refractivity contribution < 1.29 is 5.11 Å². The molecular weight excluding hydrogens is 256 g/mol. The van der Waals surface area contributed by atoms with Crippen LogP contribution in [0.4, 0.5) is 0 Å². The van der Waals surface area contributed by atoms with Crippen molar-refractivity contribution in [1.29, 1.82) is 0 Å². The van der Waals surface area contributed by atoms with Gasteiger partial charge in [-0.05, 0) is 25.7 Å². The van der Waals surface area contributed by atoms with Crippen molar-refractivity contribution in [3.8, 4) is 0 Å². The molecule has 1 nitrogen and oxygen atoms in total. The Labute approximate surface area is 125 Å². The van der Waals surface area contributed by atoms with E-state index in [9.17, 15) is 0 Å². The van der Waals surface area contributed by atoms with Crippen LogP contribution < -0.4 is 0 Å². The Hall–Kier alpha value is -0.0100. The predicted octanol–water partition coefficient (Wildman–Crippen LogP) is 5.85. The van der Waals surface area contributed by atoms with Crippen LogP contribution in [0.2, 0.25) is 0 Å². The molecular formula is C17H33ClO. The molecule has 0 heterocycles. The molecule has 2 heteroatoms. The zero-order valence-corrected chi connectivity index (χ0v) is 13.3. The van der Waals surface area contributed by atoms with Crippen molar-refractivity contribution in [2.45, 2.75) is 83.5 Å². The maximum Gasteiger partial charge on any atom is 0.0465 e. The topological polar surface area (TPSA) is 20.2 Å². The first-order chi connectivity index (χ1) is 9.41. The number of hydrogen-bond acceptors (Lipinski definition) is 1. The summed E-state index contributed by atoms with van der Waals surface area (Å²) < 4.78 is 0. The molecule has 0 bridgehead atoms. The lowest BCUT2D eigenvalue weighted by molar-refractivity contribution is 0.302. The van der Waals surface area contributed by atoms with E-state index in [-0.39, 0.29) is 6.61 Å². The van der Waals surface area contributed by atoms with E-state index in [1.165, 1.54) is 77.0 Å². The van der Waals surface area contributed by atoms with Gasteiger partial charge in [-0.2, -0.15) is 0 Å². The lowest BCUT2D eigenvalue weighted by Crippen LogP contribution is -1.83. The van der Waals surface area contributed by atoms with Gasteiger partial charge < -0.3 is 5.11 Å². The Morgan fingerprint density at radius 3 is 1.47 bits per heavy atom. The van der Waals surface area contributed by atoms with Gasteiger partial charge in [0.2, 0.25) is 0 Å². The van der Waals surface area contributed by atoms with E-state index >= 15 is 0 Å². The third-order valence-corrected chi connectivity index (χ3v) is 3.73. The first-order valence-electron chi connectivity index (χ1n) is 8.23. The normalized spacial score (nSPS) is 11.5. The van der Waals surface area contributed by atoms with Crippen molar-refractivity contribution in [3.63, 3.8) is 0 Å². The molecule has 0 spiro atoms. The summed E-state index contributed by atoms with van der Waals surface area (Å²) in [5.74, 6) is 0.829. The number of alkyl halides is 1. The fourth-order valence-corrected chi connectivity index (χ4v) is 2.45. The van der Waals surface area contributed by atoms with Gasteiger partial charge in [-0.15, -0.1) is 11.6 Å². The van der Waals surface area contributed by atoms with E-state index in [1.54, 1.807) is 0 Å². The molecule has 0 aliphatic carbocycles. The minimum absolute atomic E-state index is 0.280.